The average molecular weight is 310 g/mol. The molecule has 0 saturated carbocycles. The number of hydrogen-bond acceptors (Lipinski definition) is 5. The summed E-state index contributed by atoms with van der Waals surface area (Å²) in [5.74, 6) is -1.26. The fourth-order valence-corrected chi connectivity index (χ4v) is 1.79. The molecule has 0 aliphatic carbocycles. The van der Waals surface area contributed by atoms with Gasteiger partial charge in [0, 0.05) is 6.54 Å². The number of carbonyl (C=O) groups is 2. The van der Waals surface area contributed by atoms with Crippen molar-refractivity contribution in [3.05, 3.63) is 0 Å². The Labute approximate surface area is 123 Å². The van der Waals surface area contributed by atoms with Gasteiger partial charge in [0.25, 0.3) is 6.43 Å². The number of ether oxygens (including phenoxy) is 1. The second kappa shape index (κ2) is 10.4. The van der Waals surface area contributed by atoms with Gasteiger partial charge in [0.2, 0.25) is 5.91 Å². The maximum atomic E-state index is 12.4. The second-order valence-electron chi connectivity index (χ2n) is 4.80. The molecule has 0 aromatic heterocycles. The third-order valence-electron chi connectivity index (χ3n) is 3.16. The number of aliphatic hydroxyl groups excluding tert-OH is 1. The Morgan fingerprint density at radius 3 is 2.43 bits per heavy atom. The molecule has 0 saturated heterocycles. The molecule has 6 nitrogen and oxygen atoms in total. The van der Waals surface area contributed by atoms with E-state index in [1.807, 2.05) is 6.92 Å². The number of nitrogens with zero attached hydrogens (tertiary/aromatic N) is 1. The summed E-state index contributed by atoms with van der Waals surface area (Å²) in [7, 11) is 1.22. The number of methoxy groups -OCH3 is 1. The fourth-order valence-electron chi connectivity index (χ4n) is 1.79. The summed E-state index contributed by atoms with van der Waals surface area (Å²) in [5.41, 5.74) is 0. The zero-order valence-corrected chi connectivity index (χ0v) is 12.6. The molecule has 21 heavy (non-hydrogen) atoms. The summed E-state index contributed by atoms with van der Waals surface area (Å²) >= 11 is 0. The minimum atomic E-state index is -2.60. The SMILES string of the molecule is CCC(C)C(NC(=O)CN(CCO)CC(F)F)C(=O)OC. The van der Waals surface area contributed by atoms with Gasteiger partial charge < -0.3 is 15.2 Å². The Bertz CT molecular complexity index is 329. The van der Waals surface area contributed by atoms with Crippen LogP contribution in [-0.4, -0.2) is 67.7 Å². The van der Waals surface area contributed by atoms with Crippen LogP contribution in [0.25, 0.3) is 0 Å². The normalized spacial score (nSPS) is 14.1. The van der Waals surface area contributed by atoms with E-state index < -0.39 is 30.9 Å². The van der Waals surface area contributed by atoms with Gasteiger partial charge in [-0.1, -0.05) is 20.3 Å². The minimum Gasteiger partial charge on any atom is -0.467 e. The summed E-state index contributed by atoms with van der Waals surface area (Å²) in [4.78, 5) is 24.6. The van der Waals surface area contributed by atoms with Gasteiger partial charge in [0.05, 0.1) is 26.8 Å². The van der Waals surface area contributed by atoms with E-state index in [2.05, 4.69) is 10.1 Å². The van der Waals surface area contributed by atoms with E-state index in [1.54, 1.807) is 6.92 Å². The molecule has 0 aromatic rings. The van der Waals surface area contributed by atoms with Crippen LogP contribution in [-0.2, 0) is 14.3 Å². The van der Waals surface area contributed by atoms with Crippen LogP contribution in [0.4, 0.5) is 8.78 Å². The van der Waals surface area contributed by atoms with Crippen LogP contribution in [0, 0.1) is 5.92 Å². The van der Waals surface area contributed by atoms with E-state index in [9.17, 15) is 18.4 Å². The number of aliphatic hydroxyl groups is 1. The molecule has 0 rings (SSSR count). The maximum Gasteiger partial charge on any atom is 0.328 e. The molecular formula is C13H24F2N2O4. The van der Waals surface area contributed by atoms with Crippen LogP contribution in [0.2, 0.25) is 0 Å². The van der Waals surface area contributed by atoms with Gasteiger partial charge in [-0.2, -0.15) is 0 Å². The Morgan fingerprint density at radius 1 is 1.38 bits per heavy atom. The molecule has 2 atom stereocenters. The van der Waals surface area contributed by atoms with Gasteiger partial charge in [0.1, 0.15) is 6.04 Å². The van der Waals surface area contributed by atoms with E-state index >= 15 is 0 Å². The second-order valence-corrected chi connectivity index (χ2v) is 4.80. The van der Waals surface area contributed by atoms with Gasteiger partial charge in [-0.25, -0.2) is 13.6 Å². The Balaban J connectivity index is 4.62. The minimum absolute atomic E-state index is 0.0377. The number of carbonyl (C=O) groups excluding carboxylic acids is 2. The first-order chi connectivity index (χ1) is 9.85. The van der Waals surface area contributed by atoms with Crippen molar-refractivity contribution >= 4 is 11.9 Å². The summed E-state index contributed by atoms with van der Waals surface area (Å²) in [6.07, 6.45) is -1.95. The van der Waals surface area contributed by atoms with Crippen molar-refractivity contribution in [1.29, 1.82) is 0 Å². The van der Waals surface area contributed by atoms with E-state index in [1.165, 1.54) is 7.11 Å². The lowest BCUT2D eigenvalue weighted by Gasteiger charge is -2.24. The van der Waals surface area contributed by atoms with Gasteiger partial charge in [-0.05, 0) is 5.92 Å². The van der Waals surface area contributed by atoms with Crippen molar-refractivity contribution < 1.29 is 28.2 Å². The molecule has 0 radical (unpaired) electrons. The predicted octanol–water partition coefficient (Wildman–Crippen LogP) is 0.250. The lowest BCUT2D eigenvalue weighted by molar-refractivity contribution is -0.146. The molecule has 1 amide bonds. The van der Waals surface area contributed by atoms with E-state index in [0.717, 1.165) is 4.90 Å². The van der Waals surface area contributed by atoms with Gasteiger partial charge >= 0.3 is 5.97 Å². The van der Waals surface area contributed by atoms with E-state index in [4.69, 9.17) is 5.11 Å². The highest BCUT2D eigenvalue weighted by Gasteiger charge is 2.27. The molecule has 2 N–H and O–H groups in total. The standard InChI is InChI=1S/C13H24F2N2O4/c1-4-9(2)12(13(20)21-3)16-11(19)8-17(5-6-18)7-10(14)15/h9-10,12,18H,4-8H2,1-3H3,(H,16,19). The first-order valence-corrected chi connectivity index (χ1v) is 6.84. The van der Waals surface area contributed by atoms with Crippen molar-refractivity contribution in [2.24, 2.45) is 5.92 Å². The number of amides is 1. The molecule has 2 unspecified atom stereocenters. The summed E-state index contributed by atoms with van der Waals surface area (Å²) in [6, 6.07) is -0.810. The Hall–Kier alpha value is -1.28. The first kappa shape index (κ1) is 19.7. The third-order valence-corrected chi connectivity index (χ3v) is 3.16. The summed E-state index contributed by atoms with van der Waals surface area (Å²) < 4.78 is 29.3. The molecule has 0 aliphatic heterocycles. The highest BCUT2D eigenvalue weighted by atomic mass is 19.3. The highest BCUT2D eigenvalue weighted by molar-refractivity contribution is 5.85. The zero-order chi connectivity index (χ0) is 16.4. The molecule has 0 bridgehead atoms. The maximum absolute atomic E-state index is 12.4. The molecule has 124 valence electrons. The number of hydrogen-bond donors (Lipinski definition) is 2. The number of rotatable bonds is 10. The van der Waals surface area contributed by atoms with E-state index in [0.29, 0.717) is 6.42 Å². The quantitative estimate of drug-likeness (QED) is 0.566. The first-order valence-electron chi connectivity index (χ1n) is 6.84. The fraction of sp³-hybridized carbons (Fsp3) is 0.846. The molecule has 0 aliphatic rings. The van der Waals surface area contributed by atoms with Crippen molar-refractivity contribution in [1.82, 2.24) is 10.2 Å². The zero-order valence-electron chi connectivity index (χ0n) is 12.6. The Morgan fingerprint density at radius 2 is 2.00 bits per heavy atom. The molecule has 0 heterocycles. The average Bonchev–Trinajstić information content (AvgIpc) is 2.42. The van der Waals surface area contributed by atoms with Gasteiger partial charge in [-0.15, -0.1) is 0 Å². The van der Waals surface area contributed by atoms with E-state index in [-0.39, 0.29) is 25.6 Å². The van der Waals surface area contributed by atoms with Crippen LogP contribution in [0.15, 0.2) is 0 Å². The molecular weight excluding hydrogens is 286 g/mol. The predicted molar refractivity (Wildman–Crippen MR) is 72.9 cm³/mol. The van der Waals surface area contributed by atoms with Crippen LogP contribution in [0.3, 0.4) is 0 Å². The van der Waals surface area contributed by atoms with Gasteiger partial charge in [-0.3, -0.25) is 9.69 Å². The van der Waals surface area contributed by atoms with Crippen molar-refractivity contribution in [2.45, 2.75) is 32.7 Å². The Kier molecular flexibility index (Phi) is 9.81. The largest absolute Gasteiger partial charge is 0.467 e. The monoisotopic (exact) mass is 310 g/mol. The van der Waals surface area contributed by atoms with Crippen LogP contribution >= 0.6 is 0 Å². The van der Waals surface area contributed by atoms with Crippen LogP contribution in [0.1, 0.15) is 20.3 Å². The van der Waals surface area contributed by atoms with Crippen LogP contribution < -0.4 is 5.32 Å². The number of alkyl halides is 2. The van der Waals surface area contributed by atoms with Crippen LogP contribution in [0.5, 0.6) is 0 Å². The summed E-state index contributed by atoms with van der Waals surface area (Å²) in [6.45, 7) is 2.36. The van der Waals surface area contributed by atoms with Crippen molar-refractivity contribution in [3.8, 4) is 0 Å². The molecule has 0 spiro atoms. The molecule has 0 aromatic carbocycles. The number of esters is 1. The number of nitrogens with one attached hydrogen (secondary N) is 1. The topological polar surface area (TPSA) is 78.9 Å². The van der Waals surface area contributed by atoms with Crippen molar-refractivity contribution in [3.63, 3.8) is 0 Å². The number of halogens is 2. The molecule has 8 heteroatoms. The lowest BCUT2D eigenvalue weighted by Crippen LogP contribution is -2.49. The van der Waals surface area contributed by atoms with Crippen molar-refractivity contribution in [2.75, 3.05) is 33.4 Å². The highest BCUT2D eigenvalue weighted by Crippen LogP contribution is 2.09. The molecule has 0 fully saturated rings. The lowest BCUT2D eigenvalue weighted by atomic mass is 9.99. The third kappa shape index (κ3) is 7.91. The van der Waals surface area contributed by atoms with Gasteiger partial charge in [0.15, 0.2) is 0 Å². The summed E-state index contributed by atoms with van der Waals surface area (Å²) in [5, 5.41) is 11.3. The smallest absolute Gasteiger partial charge is 0.328 e.